The van der Waals surface area contributed by atoms with Crippen LogP contribution in [0, 0.1) is 0 Å². The van der Waals surface area contributed by atoms with Crippen molar-refractivity contribution >= 4 is 12.6 Å². The maximum absolute atomic E-state index is 11.2. The minimum absolute atomic E-state index is 0.0256. The van der Waals surface area contributed by atoms with E-state index in [2.05, 4.69) is 18.3 Å². The molecule has 1 amide bonds. The normalized spacial score (nSPS) is 13.7. The molecule has 0 radical (unpaired) electrons. The molecule has 0 aromatic carbocycles. The molecule has 1 heterocycles. The molecular weight excluding hydrogens is 188 g/mol. The van der Waals surface area contributed by atoms with E-state index >= 15 is 0 Å². The van der Waals surface area contributed by atoms with Gasteiger partial charge in [0, 0.05) is 7.05 Å². The van der Waals surface area contributed by atoms with Gasteiger partial charge in [0.05, 0.1) is 17.8 Å². The molecule has 86 valence electrons. The van der Waals surface area contributed by atoms with Gasteiger partial charge in [0.2, 0.25) is 0 Å². The zero-order valence-electron chi connectivity index (χ0n) is 10.5. The third kappa shape index (κ3) is 4.11. The van der Waals surface area contributed by atoms with E-state index in [-0.39, 0.29) is 5.91 Å². The Labute approximate surface area is 93.2 Å². The predicted molar refractivity (Wildman–Crippen MR) is 67.1 cm³/mol. The fourth-order valence-corrected chi connectivity index (χ4v) is 1.05. The van der Waals surface area contributed by atoms with Crippen LogP contribution in [0.4, 0.5) is 0 Å². The summed E-state index contributed by atoms with van der Waals surface area (Å²) >= 11 is 0. The number of nitrogens with zero attached hydrogens (tertiary/aromatic N) is 2. The molecule has 0 spiro atoms. The summed E-state index contributed by atoms with van der Waals surface area (Å²) in [5.41, 5.74) is 1.29. The third-order valence-electron chi connectivity index (χ3n) is 1.67. The molecule has 3 nitrogen and oxygen atoms in total. The number of hydrogen-bond acceptors (Lipinski definition) is 2. The summed E-state index contributed by atoms with van der Waals surface area (Å²) in [7, 11) is 1.73. The smallest absolute Gasteiger partial charge is 0.255 e. The lowest BCUT2D eigenvalue weighted by Gasteiger charge is -2.05. The van der Waals surface area contributed by atoms with Gasteiger partial charge >= 0.3 is 0 Å². The summed E-state index contributed by atoms with van der Waals surface area (Å²) in [6.45, 7) is 15.5. The topological polar surface area (TPSA) is 32.7 Å². The molecule has 0 saturated carbocycles. The van der Waals surface area contributed by atoms with Crippen LogP contribution >= 0.6 is 0 Å². The molecule has 1 aliphatic rings. The van der Waals surface area contributed by atoms with Crippen LogP contribution in [0.2, 0.25) is 0 Å². The van der Waals surface area contributed by atoms with Crippen LogP contribution in [0.1, 0.15) is 27.7 Å². The van der Waals surface area contributed by atoms with Crippen molar-refractivity contribution in [2.24, 2.45) is 4.99 Å². The van der Waals surface area contributed by atoms with E-state index in [1.54, 1.807) is 11.9 Å². The van der Waals surface area contributed by atoms with Gasteiger partial charge in [-0.15, -0.1) is 0 Å². The summed E-state index contributed by atoms with van der Waals surface area (Å²) in [4.78, 5) is 16.5. The first-order chi connectivity index (χ1) is 7.20. The van der Waals surface area contributed by atoms with Gasteiger partial charge in [-0.1, -0.05) is 40.3 Å². The van der Waals surface area contributed by atoms with E-state index in [1.807, 2.05) is 27.7 Å². The zero-order chi connectivity index (χ0) is 12.4. The standard InChI is InChI=1S/C8H10N2O.2C2H6/c1-4-6-7(9-2)5-10(3)8(6)11;2*1-2/h4H,1-2,5H2,3H3;2*1-2H3. The number of likely N-dealkylation sites (N-methyl/N-ethyl adjacent to an activating group) is 1. The Kier molecular flexibility index (Phi) is 9.84. The molecule has 0 aromatic heterocycles. The molecule has 0 N–H and O–H groups in total. The first-order valence-electron chi connectivity index (χ1n) is 5.28. The lowest BCUT2D eigenvalue weighted by molar-refractivity contribution is -0.124. The quantitative estimate of drug-likeness (QED) is 0.645. The number of aliphatic imine (C=N–C) groups is 1. The van der Waals surface area contributed by atoms with Crippen molar-refractivity contribution in [3.05, 3.63) is 23.9 Å². The fraction of sp³-hybridized carbons (Fsp3) is 0.500. The first-order valence-corrected chi connectivity index (χ1v) is 5.28. The van der Waals surface area contributed by atoms with Gasteiger partial charge in [0.15, 0.2) is 0 Å². The van der Waals surface area contributed by atoms with Crippen molar-refractivity contribution in [2.75, 3.05) is 13.6 Å². The van der Waals surface area contributed by atoms with Crippen LogP contribution in [0.3, 0.4) is 0 Å². The molecule has 0 saturated heterocycles. The maximum atomic E-state index is 11.2. The van der Waals surface area contributed by atoms with Gasteiger partial charge in [0.1, 0.15) is 0 Å². The number of carbonyl (C=O) groups excluding carboxylic acids is 1. The largest absolute Gasteiger partial charge is 0.336 e. The summed E-state index contributed by atoms with van der Waals surface area (Å²) in [5.74, 6) is -0.0256. The van der Waals surface area contributed by atoms with E-state index < -0.39 is 0 Å². The van der Waals surface area contributed by atoms with Gasteiger partial charge in [-0.3, -0.25) is 9.79 Å². The van der Waals surface area contributed by atoms with Gasteiger partial charge in [-0.2, -0.15) is 0 Å². The van der Waals surface area contributed by atoms with E-state index in [9.17, 15) is 4.79 Å². The molecule has 0 aliphatic carbocycles. The summed E-state index contributed by atoms with van der Waals surface area (Å²) in [6, 6.07) is 0. The van der Waals surface area contributed by atoms with E-state index in [1.165, 1.54) is 6.08 Å². The molecule has 0 bridgehead atoms. The van der Waals surface area contributed by atoms with E-state index in [4.69, 9.17) is 0 Å². The highest BCUT2D eigenvalue weighted by Crippen LogP contribution is 2.18. The molecule has 0 atom stereocenters. The second-order valence-electron chi connectivity index (χ2n) is 2.38. The molecular formula is C12H22N2O. The Hall–Kier alpha value is -1.38. The number of amides is 1. The van der Waals surface area contributed by atoms with E-state index in [0.29, 0.717) is 17.8 Å². The predicted octanol–water partition coefficient (Wildman–Crippen LogP) is 2.65. The lowest BCUT2D eigenvalue weighted by atomic mass is 10.2. The van der Waals surface area contributed by atoms with Gasteiger partial charge in [-0.25, -0.2) is 0 Å². The average molecular weight is 210 g/mol. The van der Waals surface area contributed by atoms with Crippen molar-refractivity contribution in [3.8, 4) is 0 Å². The monoisotopic (exact) mass is 210 g/mol. The Balaban J connectivity index is 0. The summed E-state index contributed by atoms with van der Waals surface area (Å²) in [5, 5.41) is 0. The highest BCUT2D eigenvalue weighted by Gasteiger charge is 2.24. The molecule has 1 aliphatic heterocycles. The minimum atomic E-state index is -0.0256. The Morgan fingerprint density at radius 1 is 1.33 bits per heavy atom. The second kappa shape index (κ2) is 9.19. The maximum Gasteiger partial charge on any atom is 0.255 e. The van der Waals surface area contributed by atoms with Crippen molar-refractivity contribution in [1.29, 1.82) is 0 Å². The summed E-state index contributed by atoms with van der Waals surface area (Å²) < 4.78 is 0. The molecule has 1 rings (SSSR count). The Morgan fingerprint density at radius 2 is 1.80 bits per heavy atom. The summed E-state index contributed by atoms with van der Waals surface area (Å²) in [6.07, 6.45) is 1.52. The van der Waals surface area contributed by atoms with Crippen LogP contribution in [-0.4, -0.2) is 31.1 Å². The third-order valence-corrected chi connectivity index (χ3v) is 1.67. The number of rotatable bonds is 2. The molecule has 15 heavy (non-hydrogen) atoms. The zero-order valence-corrected chi connectivity index (χ0v) is 10.5. The second-order valence-corrected chi connectivity index (χ2v) is 2.38. The van der Waals surface area contributed by atoms with Crippen LogP contribution in [0.5, 0.6) is 0 Å². The molecule has 3 heteroatoms. The van der Waals surface area contributed by atoms with Crippen LogP contribution in [-0.2, 0) is 4.79 Å². The Bertz CT molecular complexity index is 254. The van der Waals surface area contributed by atoms with Crippen molar-refractivity contribution in [2.45, 2.75) is 27.7 Å². The van der Waals surface area contributed by atoms with Gasteiger partial charge in [0.25, 0.3) is 5.91 Å². The van der Waals surface area contributed by atoms with Crippen molar-refractivity contribution in [3.63, 3.8) is 0 Å². The van der Waals surface area contributed by atoms with Crippen LogP contribution in [0.15, 0.2) is 28.9 Å². The van der Waals surface area contributed by atoms with E-state index in [0.717, 1.165) is 0 Å². The van der Waals surface area contributed by atoms with Gasteiger partial charge < -0.3 is 4.90 Å². The first kappa shape index (κ1) is 16.1. The molecule has 0 unspecified atom stereocenters. The van der Waals surface area contributed by atoms with Crippen LogP contribution in [0.25, 0.3) is 0 Å². The van der Waals surface area contributed by atoms with Crippen molar-refractivity contribution < 1.29 is 4.79 Å². The van der Waals surface area contributed by atoms with Crippen LogP contribution < -0.4 is 0 Å². The lowest BCUT2D eigenvalue weighted by Crippen LogP contribution is -2.21. The molecule has 0 aromatic rings. The Morgan fingerprint density at radius 3 is 2.07 bits per heavy atom. The highest BCUT2D eigenvalue weighted by molar-refractivity contribution is 5.99. The van der Waals surface area contributed by atoms with Crippen molar-refractivity contribution in [1.82, 2.24) is 4.90 Å². The average Bonchev–Trinajstić information content (AvgIpc) is 2.60. The fourth-order valence-electron chi connectivity index (χ4n) is 1.05. The molecule has 0 fully saturated rings. The SMILES string of the molecule is C=CC1=C(N=C)CN(C)C1=O.CC.CC. The number of hydrogen-bond donors (Lipinski definition) is 0. The number of carbonyl (C=O) groups is 1. The minimum Gasteiger partial charge on any atom is -0.336 e. The highest BCUT2D eigenvalue weighted by atomic mass is 16.2. The van der Waals surface area contributed by atoms with Gasteiger partial charge in [-0.05, 0) is 6.72 Å².